The van der Waals surface area contributed by atoms with Crippen LogP contribution in [0, 0.1) is 3.57 Å². The molecule has 0 saturated heterocycles. The van der Waals surface area contributed by atoms with Crippen molar-refractivity contribution in [3.63, 3.8) is 0 Å². The molecular weight excluding hydrogens is 245 g/mol. The van der Waals surface area contributed by atoms with Crippen molar-refractivity contribution in [3.05, 3.63) is 14.6 Å². The Morgan fingerprint density at radius 1 is 1.67 bits per heavy atom. The molecule has 0 atom stereocenters. The van der Waals surface area contributed by atoms with E-state index in [4.69, 9.17) is 0 Å². The van der Waals surface area contributed by atoms with Crippen molar-refractivity contribution in [2.45, 2.75) is 19.8 Å². The average molecular weight is 253 g/mol. The number of nitrogens with zero attached hydrogens (tertiary/aromatic N) is 1. The van der Waals surface area contributed by atoms with E-state index in [-0.39, 0.29) is 0 Å². The van der Waals surface area contributed by atoms with E-state index >= 15 is 0 Å². The molecule has 0 aromatic carbocycles. The van der Waals surface area contributed by atoms with Gasteiger partial charge >= 0.3 is 0 Å². The summed E-state index contributed by atoms with van der Waals surface area (Å²) in [5.74, 6) is 0.572. The van der Waals surface area contributed by atoms with Gasteiger partial charge < -0.3 is 0 Å². The van der Waals surface area contributed by atoms with Gasteiger partial charge in [0.1, 0.15) is 0 Å². The van der Waals surface area contributed by atoms with Gasteiger partial charge in [-0.1, -0.05) is 13.8 Å². The standard InChI is InChI=1S/C6H8INS/c1-4(2)6-5(7)3-9-8-6/h3-4H,1-2H3. The third kappa shape index (κ3) is 1.64. The van der Waals surface area contributed by atoms with Crippen molar-refractivity contribution < 1.29 is 0 Å². The van der Waals surface area contributed by atoms with E-state index in [0.29, 0.717) is 5.92 Å². The molecule has 0 bridgehead atoms. The number of hydrogen-bond acceptors (Lipinski definition) is 2. The second-order valence-corrected chi connectivity index (χ2v) is 3.99. The molecule has 0 unspecified atom stereocenters. The second-order valence-electron chi connectivity index (χ2n) is 2.20. The summed E-state index contributed by atoms with van der Waals surface area (Å²) in [5, 5.41) is 2.08. The van der Waals surface area contributed by atoms with Crippen molar-refractivity contribution in [2.24, 2.45) is 0 Å². The molecule has 0 aliphatic heterocycles. The highest BCUT2D eigenvalue weighted by molar-refractivity contribution is 14.1. The fourth-order valence-corrected chi connectivity index (χ4v) is 2.55. The molecule has 0 aliphatic rings. The maximum absolute atomic E-state index is 4.25. The first kappa shape index (κ1) is 7.47. The lowest BCUT2D eigenvalue weighted by molar-refractivity contribution is 0.834. The fourth-order valence-electron chi connectivity index (χ4n) is 0.615. The monoisotopic (exact) mass is 253 g/mol. The van der Waals surface area contributed by atoms with Gasteiger partial charge in [0.25, 0.3) is 0 Å². The summed E-state index contributed by atoms with van der Waals surface area (Å²) in [6, 6.07) is 0. The molecule has 0 radical (unpaired) electrons. The smallest absolute Gasteiger partial charge is 0.0700 e. The van der Waals surface area contributed by atoms with Crippen LogP contribution in [0.1, 0.15) is 25.5 Å². The van der Waals surface area contributed by atoms with E-state index in [0.717, 1.165) is 0 Å². The first-order chi connectivity index (χ1) is 4.22. The van der Waals surface area contributed by atoms with Crippen LogP contribution in [0.3, 0.4) is 0 Å². The quantitative estimate of drug-likeness (QED) is 0.701. The van der Waals surface area contributed by atoms with Crippen LogP contribution in [-0.2, 0) is 0 Å². The molecule has 1 aromatic rings. The van der Waals surface area contributed by atoms with Crippen LogP contribution in [-0.4, -0.2) is 4.37 Å². The first-order valence-corrected chi connectivity index (χ1v) is 4.73. The van der Waals surface area contributed by atoms with Crippen LogP contribution in [0.4, 0.5) is 0 Å². The molecule has 50 valence electrons. The zero-order valence-corrected chi connectivity index (χ0v) is 8.36. The number of aromatic nitrogens is 1. The van der Waals surface area contributed by atoms with Crippen molar-refractivity contribution in [3.8, 4) is 0 Å². The third-order valence-electron chi connectivity index (χ3n) is 1.10. The van der Waals surface area contributed by atoms with Crippen LogP contribution in [0.25, 0.3) is 0 Å². The molecule has 0 N–H and O–H groups in total. The van der Waals surface area contributed by atoms with Crippen molar-refractivity contribution in [1.82, 2.24) is 4.37 Å². The Bertz CT molecular complexity index is 195. The lowest BCUT2D eigenvalue weighted by Gasteiger charge is -1.97. The van der Waals surface area contributed by atoms with Crippen LogP contribution in [0.15, 0.2) is 5.38 Å². The van der Waals surface area contributed by atoms with Crippen LogP contribution in [0.5, 0.6) is 0 Å². The third-order valence-corrected chi connectivity index (χ3v) is 3.03. The second kappa shape index (κ2) is 2.96. The molecule has 0 aliphatic carbocycles. The van der Waals surface area contributed by atoms with E-state index in [1.54, 1.807) is 0 Å². The molecular formula is C6H8INS. The lowest BCUT2D eigenvalue weighted by Crippen LogP contribution is -1.87. The van der Waals surface area contributed by atoms with Crippen molar-refractivity contribution in [1.29, 1.82) is 0 Å². The highest BCUT2D eigenvalue weighted by Gasteiger charge is 2.05. The maximum atomic E-state index is 4.25. The van der Waals surface area contributed by atoms with Gasteiger partial charge in [-0.15, -0.1) is 0 Å². The van der Waals surface area contributed by atoms with Crippen LogP contribution >= 0.6 is 34.1 Å². The first-order valence-electron chi connectivity index (χ1n) is 2.81. The number of hydrogen-bond donors (Lipinski definition) is 0. The van der Waals surface area contributed by atoms with Gasteiger partial charge in [-0.3, -0.25) is 0 Å². The minimum Gasteiger partial charge on any atom is -0.196 e. The summed E-state index contributed by atoms with van der Waals surface area (Å²) in [7, 11) is 0. The van der Waals surface area contributed by atoms with E-state index in [1.807, 2.05) is 0 Å². The Hall–Kier alpha value is 0.360. The van der Waals surface area contributed by atoms with Gasteiger partial charge in [-0.05, 0) is 40.0 Å². The lowest BCUT2D eigenvalue weighted by atomic mass is 10.1. The number of rotatable bonds is 1. The molecule has 1 heterocycles. The molecule has 0 amide bonds. The van der Waals surface area contributed by atoms with Gasteiger partial charge in [0.2, 0.25) is 0 Å². The Balaban J connectivity index is 2.94. The molecule has 1 rings (SSSR count). The summed E-state index contributed by atoms with van der Waals surface area (Å²) < 4.78 is 5.55. The molecule has 0 fully saturated rings. The molecule has 9 heavy (non-hydrogen) atoms. The van der Waals surface area contributed by atoms with Crippen molar-refractivity contribution >= 4 is 34.1 Å². The molecule has 3 heteroatoms. The summed E-state index contributed by atoms with van der Waals surface area (Å²) in [5.41, 5.74) is 1.24. The predicted octanol–water partition coefficient (Wildman–Crippen LogP) is 2.87. The normalized spacial score (nSPS) is 10.7. The molecule has 0 spiro atoms. The summed E-state index contributed by atoms with van der Waals surface area (Å²) in [6.45, 7) is 4.33. The SMILES string of the molecule is CC(C)c1nscc1I. The topological polar surface area (TPSA) is 12.9 Å². The van der Waals surface area contributed by atoms with Gasteiger partial charge in [-0.25, -0.2) is 0 Å². The van der Waals surface area contributed by atoms with Crippen molar-refractivity contribution in [2.75, 3.05) is 0 Å². The highest BCUT2D eigenvalue weighted by Crippen LogP contribution is 2.20. The van der Waals surface area contributed by atoms with Gasteiger partial charge in [-0.2, -0.15) is 4.37 Å². The maximum Gasteiger partial charge on any atom is 0.0700 e. The van der Waals surface area contributed by atoms with Gasteiger partial charge in [0, 0.05) is 8.95 Å². The summed E-state index contributed by atoms with van der Waals surface area (Å²) in [4.78, 5) is 0. The van der Waals surface area contributed by atoms with Gasteiger partial charge in [0.15, 0.2) is 0 Å². The van der Waals surface area contributed by atoms with Crippen LogP contribution in [0.2, 0.25) is 0 Å². The zero-order chi connectivity index (χ0) is 6.85. The summed E-state index contributed by atoms with van der Waals surface area (Å²) in [6.07, 6.45) is 0. The Kier molecular flexibility index (Phi) is 2.46. The van der Waals surface area contributed by atoms with Crippen LogP contribution < -0.4 is 0 Å². The Morgan fingerprint density at radius 2 is 2.33 bits per heavy atom. The Morgan fingerprint density at radius 3 is 2.56 bits per heavy atom. The summed E-state index contributed by atoms with van der Waals surface area (Å²) >= 11 is 3.86. The van der Waals surface area contributed by atoms with E-state index in [9.17, 15) is 0 Å². The van der Waals surface area contributed by atoms with E-state index in [2.05, 4.69) is 46.2 Å². The largest absolute Gasteiger partial charge is 0.196 e. The predicted molar refractivity (Wildman–Crippen MR) is 48.9 cm³/mol. The fraction of sp³-hybridized carbons (Fsp3) is 0.500. The Labute approximate surface area is 72.8 Å². The minimum absolute atomic E-state index is 0.572. The molecule has 1 aromatic heterocycles. The number of halogens is 1. The van der Waals surface area contributed by atoms with E-state index < -0.39 is 0 Å². The average Bonchev–Trinajstić information content (AvgIpc) is 2.13. The molecule has 1 nitrogen and oxygen atoms in total. The molecule has 0 saturated carbocycles. The highest BCUT2D eigenvalue weighted by atomic mass is 127. The van der Waals surface area contributed by atoms with Gasteiger partial charge in [0.05, 0.1) is 5.69 Å². The minimum atomic E-state index is 0.572. The zero-order valence-electron chi connectivity index (χ0n) is 5.39. The van der Waals surface area contributed by atoms with E-state index in [1.165, 1.54) is 20.8 Å².